The summed E-state index contributed by atoms with van der Waals surface area (Å²) in [6.07, 6.45) is 1.14. The second-order valence-electron chi connectivity index (χ2n) is 18.8. The third kappa shape index (κ3) is 7.32. The molecule has 0 saturated carbocycles. The van der Waals surface area contributed by atoms with E-state index in [1.54, 1.807) is 0 Å². The van der Waals surface area contributed by atoms with Crippen molar-refractivity contribution in [2.24, 2.45) is 0 Å². The molecule has 2 heteroatoms. The lowest BCUT2D eigenvalue weighted by Crippen LogP contribution is -2.26. The monoisotopic (exact) mass is 748 g/mol. The lowest BCUT2D eigenvalue weighted by molar-refractivity contribution is -0.119. The van der Waals surface area contributed by atoms with E-state index in [2.05, 4.69) is 178 Å². The number of carbonyl (C=O) groups excluding carboxylic acids is 1. The number of hydrogen-bond acceptors (Lipinski definition) is 1. The van der Waals surface area contributed by atoms with Gasteiger partial charge in [-0.05, 0) is 186 Å². The Bertz CT molecular complexity index is 2070. The fraction of sp³-hybridized carbons (Fsp3) is 0.415. The van der Waals surface area contributed by atoms with Crippen LogP contribution in [0.4, 0.5) is 0 Å². The molecule has 1 heterocycles. The SMILES string of the molecule is Cc1c(C)c(C)c(-c2cccc(-c3c(C)c(C)c(C)c(C)c3C)c2P2C(c3ccc(C(C)(C)C)cc3)CC(=O)CC2c2ccc(C(C)(C)C)cc2)c(C)c1C. The normalized spacial score (nSPS) is 17.9. The maximum atomic E-state index is 14.3. The van der Waals surface area contributed by atoms with Gasteiger partial charge in [0.2, 0.25) is 0 Å². The zero-order chi connectivity index (χ0) is 40.5. The van der Waals surface area contributed by atoms with Crippen LogP contribution in [-0.2, 0) is 15.6 Å². The van der Waals surface area contributed by atoms with Gasteiger partial charge in [-0.1, -0.05) is 116 Å². The second kappa shape index (κ2) is 14.9. The summed E-state index contributed by atoms with van der Waals surface area (Å²) < 4.78 is 0. The van der Waals surface area contributed by atoms with Crippen LogP contribution in [-0.4, -0.2) is 5.78 Å². The topological polar surface area (TPSA) is 17.1 Å². The maximum absolute atomic E-state index is 14.3. The summed E-state index contributed by atoms with van der Waals surface area (Å²) in [6, 6.07) is 25.9. The van der Waals surface area contributed by atoms with Crippen molar-refractivity contribution in [3.05, 3.63) is 145 Å². The Balaban J connectivity index is 1.78. The Morgan fingerprint density at radius 1 is 0.436 bits per heavy atom. The highest BCUT2D eigenvalue weighted by atomic mass is 31.1. The molecule has 0 aliphatic carbocycles. The van der Waals surface area contributed by atoms with Crippen molar-refractivity contribution in [1.29, 1.82) is 0 Å². The van der Waals surface area contributed by atoms with Gasteiger partial charge in [-0.2, -0.15) is 0 Å². The molecular weight excluding hydrogens is 684 g/mol. The van der Waals surface area contributed by atoms with Gasteiger partial charge in [-0.15, -0.1) is 0 Å². The molecule has 5 aromatic carbocycles. The summed E-state index contributed by atoms with van der Waals surface area (Å²) in [6.45, 7) is 36.8. The molecule has 1 fully saturated rings. The molecule has 288 valence electrons. The first kappa shape index (κ1) is 40.9. The molecule has 0 radical (unpaired) electrons. The van der Waals surface area contributed by atoms with Crippen LogP contribution in [0.25, 0.3) is 22.3 Å². The van der Waals surface area contributed by atoms with E-state index in [0.29, 0.717) is 18.6 Å². The number of hydrogen-bond donors (Lipinski definition) is 0. The minimum absolute atomic E-state index is 0.0508. The average molecular weight is 749 g/mol. The van der Waals surface area contributed by atoms with Crippen molar-refractivity contribution in [1.82, 2.24) is 0 Å². The summed E-state index contributed by atoms with van der Waals surface area (Å²) in [4.78, 5) is 14.3. The highest BCUT2D eigenvalue weighted by Crippen LogP contribution is 2.68. The lowest BCUT2D eigenvalue weighted by atomic mass is 9.83. The minimum atomic E-state index is -0.961. The third-order valence-corrected chi connectivity index (χ3v) is 17.0. The predicted molar refractivity (Wildman–Crippen MR) is 241 cm³/mol. The molecule has 0 aromatic heterocycles. The fourth-order valence-electron chi connectivity index (χ4n) is 9.24. The maximum Gasteiger partial charge on any atom is 0.134 e. The van der Waals surface area contributed by atoms with Crippen molar-refractivity contribution in [3.8, 4) is 22.3 Å². The first-order valence-electron chi connectivity index (χ1n) is 20.4. The molecule has 1 aliphatic rings. The summed E-state index contributed by atoms with van der Waals surface area (Å²) in [5.41, 5.74) is 24.7. The van der Waals surface area contributed by atoms with Crippen LogP contribution < -0.4 is 5.30 Å². The quantitative estimate of drug-likeness (QED) is 0.164. The van der Waals surface area contributed by atoms with E-state index in [-0.39, 0.29) is 22.1 Å². The van der Waals surface area contributed by atoms with Gasteiger partial charge < -0.3 is 0 Å². The van der Waals surface area contributed by atoms with Gasteiger partial charge in [0, 0.05) is 24.2 Å². The summed E-state index contributed by atoms with van der Waals surface area (Å²) >= 11 is 0. The fourth-order valence-corrected chi connectivity index (χ4v) is 13.0. The van der Waals surface area contributed by atoms with Crippen LogP contribution in [0.2, 0.25) is 0 Å². The van der Waals surface area contributed by atoms with E-state index in [1.807, 2.05) is 0 Å². The highest BCUT2D eigenvalue weighted by Gasteiger charge is 2.42. The van der Waals surface area contributed by atoms with E-state index in [1.165, 1.54) is 105 Å². The Labute approximate surface area is 335 Å². The molecule has 1 nitrogen and oxygen atoms in total. The molecule has 55 heavy (non-hydrogen) atoms. The zero-order valence-corrected chi connectivity index (χ0v) is 37.7. The van der Waals surface area contributed by atoms with E-state index in [4.69, 9.17) is 0 Å². The lowest BCUT2D eigenvalue weighted by Gasteiger charge is -2.42. The van der Waals surface area contributed by atoms with Gasteiger partial charge >= 0.3 is 0 Å². The van der Waals surface area contributed by atoms with Gasteiger partial charge in [0.05, 0.1) is 0 Å². The number of Topliss-reactive ketones (excluding diaryl/α,β-unsaturated/α-hetero) is 1. The first-order chi connectivity index (χ1) is 25.6. The van der Waals surface area contributed by atoms with Gasteiger partial charge in [0.25, 0.3) is 0 Å². The Kier molecular flexibility index (Phi) is 11.1. The zero-order valence-electron chi connectivity index (χ0n) is 36.8. The van der Waals surface area contributed by atoms with Crippen molar-refractivity contribution in [3.63, 3.8) is 0 Å². The smallest absolute Gasteiger partial charge is 0.134 e. The van der Waals surface area contributed by atoms with Crippen LogP contribution in [0.3, 0.4) is 0 Å². The molecule has 0 N–H and O–H groups in total. The minimum Gasteiger partial charge on any atom is -0.300 e. The molecule has 0 spiro atoms. The molecule has 1 aliphatic heterocycles. The largest absolute Gasteiger partial charge is 0.300 e. The second-order valence-corrected chi connectivity index (χ2v) is 21.3. The van der Waals surface area contributed by atoms with E-state index in [9.17, 15) is 4.79 Å². The molecule has 1 saturated heterocycles. The number of benzene rings is 5. The van der Waals surface area contributed by atoms with E-state index < -0.39 is 7.92 Å². The Hall–Kier alpha value is -3.80. The van der Waals surface area contributed by atoms with Crippen LogP contribution >= 0.6 is 7.92 Å². The molecular formula is C53H65OP. The van der Waals surface area contributed by atoms with E-state index in [0.717, 1.165) is 0 Å². The standard InChI is InChI=1S/C53H65OP/c1-30-32(3)36(7)49(37(8)33(30)4)45-18-17-19-46(50-38(9)34(5)31(2)35(6)39(50)10)51(45)55-47(40-20-24-42(25-21-40)52(11,12)13)28-44(54)29-48(55)41-22-26-43(27-23-41)53(14,15)16/h17-27,47-48H,28-29H2,1-16H3. The molecule has 6 rings (SSSR count). The van der Waals surface area contributed by atoms with Gasteiger partial charge in [-0.25, -0.2) is 0 Å². The number of rotatable bonds is 5. The Morgan fingerprint density at radius 3 is 1.02 bits per heavy atom. The third-order valence-electron chi connectivity index (χ3n) is 13.7. The molecule has 5 aromatic rings. The van der Waals surface area contributed by atoms with Crippen molar-refractivity contribution >= 4 is 19.0 Å². The molecule has 0 amide bonds. The Morgan fingerprint density at radius 2 is 0.727 bits per heavy atom. The molecule has 2 atom stereocenters. The van der Waals surface area contributed by atoms with E-state index >= 15 is 0 Å². The van der Waals surface area contributed by atoms with Crippen LogP contribution in [0.15, 0.2) is 66.7 Å². The molecule has 0 bridgehead atoms. The van der Waals surface area contributed by atoms with Crippen molar-refractivity contribution < 1.29 is 4.79 Å². The average Bonchev–Trinajstić information content (AvgIpc) is 3.14. The summed E-state index contributed by atoms with van der Waals surface area (Å²) in [5.74, 6) is 0.372. The van der Waals surface area contributed by atoms with Crippen LogP contribution in [0, 0.1) is 69.2 Å². The van der Waals surface area contributed by atoms with Gasteiger partial charge in [0.15, 0.2) is 0 Å². The number of carbonyl (C=O) groups is 1. The highest BCUT2D eigenvalue weighted by molar-refractivity contribution is 7.67. The first-order valence-corrected chi connectivity index (χ1v) is 21.9. The van der Waals surface area contributed by atoms with Crippen LogP contribution in [0.5, 0.6) is 0 Å². The summed E-state index contributed by atoms with van der Waals surface area (Å²) in [7, 11) is -0.961. The summed E-state index contributed by atoms with van der Waals surface area (Å²) in [5, 5.41) is 1.46. The predicted octanol–water partition coefficient (Wildman–Crippen LogP) is 14.7. The molecule has 2 unspecified atom stereocenters. The van der Waals surface area contributed by atoms with Crippen LogP contribution in [0.1, 0.15) is 144 Å². The number of ketones is 1. The van der Waals surface area contributed by atoms with Gasteiger partial charge in [-0.3, -0.25) is 4.79 Å². The van der Waals surface area contributed by atoms with Crippen molar-refractivity contribution in [2.45, 2.75) is 146 Å². The van der Waals surface area contributed by atoms with Gasteiger partial charge in [0.1, 0.15) is 5.78 Å². The van der Waals surface area contributed by atoms with Crippen molar-refractivity contribution in [2.75, 3.05) is 0 Å².